The summed E-state index contributed by atoms with van der Waals surface area (Å²) in [5, 5.41) is 0. The Kier molecular flexibility index (Phi) is 4.62. The summed E-state index contributed by atoms with van der Waals surface area (Å²) in [4.78, 5) is 13.3. The second-order valence-electron chi connectivity index (χ2n) is 8.73. The van der Waals surface area contributed by atoms with Crippen molar-refractivity contribution < 1.29 is 14.3 Å². The van der Waals surface area contributed by atoms with Gasteiger partial charge in [-0.25, -0.2) is 0 Å². The minimum atomic E-state index is -0.367. The molecule has 0 radical (unpaired) electrons. The molecule has 152 valence electrons. The van der Waals surface area contributed by atoms with Gasteiger partial charge in [0.15, 0.2) is 11.5 Å². The van der Waals surface area contributed by atoms with Crippen LogP contribution in [0.4, 0.5) is 0 Å². The van der Waals surface area contributed by atoms with Crippen LogP contribution >= 0.6 is 0 Å². The predicted octanol–water partition coefficient (Wildman–Crippen LogP) is 6.05. The van der Waals surface area contributed by atoms with Gasteiger partial charge in [-0.15, -0.1) is 0 Å². The molecule has 1 heterocycles. The van der Waals surface area contributed by atoms with E-state index in [1.54, 1.807) is 0 Å². The summed E-state index contributed by atoms with van der Waals surface area (Å²) in [6, 6.07) is 23.0. The van der Waals surface area contributed by atoms with E-state index in [-0.39, 0.29) is 18.0 Å². The summed E-state index contributed by atoms with van der Waals surface area (Å²) in [5.74, 6) is 2.29. The fourth-order valence-corrected chi connectivity index (χ4v) is 4.34. The zero-order chi connectivity index (χ0) is 20.7. The van der Waals surface area contributed by atoms with E-state index in [0.717, 1.165) is 41.0 Å². The maximum absolute atomic E-state index is 13.3. The summed E-state index contributed by atoms with van der Waals surface area (Å²) in [7, 11) is 0. The van der Waals surface area contributed by atoms with Gasteiger partial charge in [0.05, 0.1) is 5.41 Å². The number of fused-ring (bicyclic) bond motifs is 1. The minimum absolute atomic E-state index is 0.254. The molecule has 3 aromatic carbocycles. The summed E-state index contributed by atoms with van der Waals surface area (Å²) < 4.78 is 10.9. The van der Waals surface area contributed by atoms with Crippen LogP contribution in [0.5, 0.6) is 11.5 Å². The highest BCUT2D eigenvalue weighted by atomic mass is 16.7. The average Bonchev–Trinajstić information content (AvgIpc) is 3.45. The Morgan fingerprint density at radius 1 is 0.900 bits per heavy atom. The number of carbonyl (C=O) groups is 1. The van der Waals surface area contributed by atoms with Gasteiger partial charge in [-0.05, 0) is 58.7 Å². The van der Waals surface area contributed by atoms with Gasteiger partial charge in [-0.1, -0.05) is 68.4 Å². The number of ether oxygens (including phenoxy) is 2. The van der Waals surface area contributed by atoms with Gasteiger partial charge in [-0.2, -0.15) is 0 Å². The van der Waals surface area contributed by atoms with Gasteiger partial charge >= 0.3 is 0 Å². The van der Waals surface area contributed by atoms with Crippen molar-refractivity contribution in [3.05, 3.63) is 83.4 Å². The van der Waals surface area contributed by atoms with Crippen molar-refractivity contribution in [3.8, 4) is 22.6 Å². The largest absolute Gasteiger partial charge is 0.454 e. The molecule has 1 aliphatic heterocycles. The summed E-state index contributed by atoms with van der Waals surface area (Å²) in [6.45, 7) is 4.67. The van der Waals surface area contributed by atoms with E-state index >= 15 is 0 Å². The Labute approximate surface area is 177 Å². The quantitative estimate of drug-likeness (QED) is 0.507. The first kappa shape index (κ1) is 18.9. The van der Waals surface area contributed by atoms with E-state index in [4.69, 9.17) is 9.47 Å². The molecule has 0 N–H and O–H groups in total. The van der Waals surface area contributed by atoms with E-state index in [0.29, 0.717) is 12.3 Å². The highest BCUT2D eigenvalue weighted by Gasteiger charge is 2.50. The van der Waals surface area contributed by atoms with Crippen molar-refractivity contribution >= 4 is 5.78 Å². The Bertz CT molecular complexity index is 1110. The van der Waals surface area contributed by atoms with Crippen molar-refractivity contribution in [2.75, 3.05) is 6.79 Å². The van der Waals surface area contributed by atoms with Crippen molar-refractivity contribution in [1.82, 2.24) is 0 Å². The topological polar surface area (TPSA) is 35.5 Å². The Morgan fingerprint density at radius 3 is 2.40 bits per heavy atom. The lowest BCUT2D eigenvalue weighted by molar-refractivity contribution is -0.120. The number of hydrogen-bond acceptors (Lipinski definition) is 3. The molecule has 3 nitrogen and oxygen atoms in total. The second kappa shape index (κ2) is 7.32. The van der Waals surface area contributed by atoms with Crippen LogP contribution in [0.15, 0.2) is 66.7 Å². The molecule has 0 saturated heterocycles. The Balaban J connectivity index is 1.38. The van der Waals surface area contributed by atoms with Crippen LogP contribution < -0.4 is 9.47 Å². The molecule has 0 atom stereocenters. The average molecular weight is 399 g/mol. The molecule has 30 heavy (non-hydrogen) atoms. The zero-order valence-corrected chi connectivity index (χ0v) is 17.5. The van der Waals surface area contributed by atoms with E-state index < -0.39 is 0 Å². The molecule has 0 aromatic heterocycles. The van der Waals surface area contributed by atoms with Crippen molar-refractivity contribution in [2.45, 2.75) is 44.4 Å². The SMILES string of the molecule is CC(C)c1cccc(-c2cccc(CC(=O)C3(c4ccc5c(c4)OCO5)CC3)c2)c1. The van der Waals surface area contributed by atoms with Gasteiger partial charge in [0.2, 0.25) is 6.79 Å². The molecule has 0 unspecified atom stereocenters. The van der Waals surface area contributed by atoms with Crippen LogP contribution in [0, 0.1) is 0 Å². The molecule has 5 rings (SSSR count). The highest BCUT2D eigenvalue weighted by molar-refractivity contribution is 5.95. The fourth-order valence-electron chi connectivity index (χ4n) is 4.34. The van der Waals surface area contributed by atoms with E-state index in [2.05, 4.69) is 62.4 Å². The van der Waals surface area contributed by atoms with Crippen LogP contribution in [-0.4, -0.2) is 12.6 Å². The first-order valence-corrected chi connectivity index (χ1v) is 10.7. The predicted molar refractivity (Wildman–Crippen MR) is 118 cm³/mol. The number of benzene rings is 3. The third-order valence-corrected chi connectivity index (χ3v) is 6.39. The molecule has 0 bridgehead atoms. The fraction of sp³-hybridized carbons (Fsp3) is 0.296. The van der Waals surface area contributed by atoms with Gasteiger partial charge in [-0.3, -0.25) is 4.79 Å². The van der Waals surface area contributed by atoms with Crippen molar-refractivity contribution in [1.29, 1.82) is 0 Å². The standard InChI is InChI=1S/C27H26O3/c1-18(2)20-6-4-8-22(15-20)21-7-3-5-19(13-21)14-26(28)27(11-12-27)23-9-10-24-25(16-23)30-17-29-24/h3-10,13,15-16,18H,11-12,14,17H2,1-2H3. The molecule has 0 amide bonds. The molecule has 3 heteroatoms. The Hall–Kier alpha value is -3.07. The van der Waals surface area contributed by atoms with Gasteiger partial charge in [0, 0.05) is 6.42 Å². The third kappa shape index (κ3) is 3.39. The van der Waals surface area contributed by atoms with Gasteiger partial charge < -0.3 is 9.47 Å². The van der Waals surface area contributed by atoms with Crippen LogP contribution in [0.25, 0.3) is 11.1 Å². The zero-order valence-electron chi connectivity index (χ0n) is 17.5. The van der Waals surface area contributed by atoms with E-state index in [1.807, 2.05) is 18.2 Å². The lowest BCUT2D eigenvalue weighted by Gasteiger charge is -2.16. The van der Waals surface area contributed by atoms with Crippen LogP contribution in [-0.2, 0) is 16.6 Å². The highest BCUT2D eigenvalue weighted by Crippen LogP contribution is 2.51. The minimum Gasteiger partial charge on any atom is -0.454 e. The van der Waals surface area contributed by atoms with Crippen molar-refractivity contribution in [2.24, 2.45) is 0 Å². The third-order valence-electron chi connectivity index (χ3n) is 6.39. The first-order valence-electron chi connectivity index (χ1n) is 10.7. The van der Waals surface area contributed by atoms with Crippen molar-refractivity contribution in [3.63, 3.8) is 0 Å². The second-order valence-corrected chi connectivity index (χ2v) is 8.73. The molecule has 0 spiro atoms. The van der Waals surface area contributed by atoms with Crippen LogP contribution in [0.1, 0.15) is 49.3 Å². The molecule has 2 aliphatic rings. The van der Waals surface area contributed by atoms with E-state index in [9.17, 15) is 4.79 Å². The van der Waals surface area contributed by atoms with Crippen LogP contribution in [0.2, 0.25) is 0 Å². The molecule has 1 fully saturated rings. The number of Topliss-reactive ketones (excluding diaryl/α,β-unsaturated/α-hetero) is 1. The van der Waals surface area contributed by atoms with Crippen LogP contribution in [0.3, 0.4) is 0 Å². The molecule has 3 aromatic rings. The summed E-state index contributed by atoms with van der Waals surface area (Å²) in [5.41, 5.74) is 5.45. The molecular weight excluding hydrogens is 372 g/mol. The summed E-state index contributed by atoms with van der Waals surface area (Å²) in [6.07, 6.45) is 2.26. The molecular formula is C27H26O3. The smallest absolute Gasteiger partial charge is 0.231 e. The number of carbonyl (C=O) groups excluding carboxylic acids is 1. The summed E-state index contributed by atoms with van der Waals surface area (Å²) >= 11 is 0. The normalized spacial score (nSPS) is 16.0. The molecule has 1 aliphatic carbocycles. The monoisotopic (exact) mass is 398 g/mol. The number of hydrogen-bond donors (Lipinski definition) is 0. The lowest BCUT2D eigenvalue weighted by atomic mass is 9.87. The first-order chi connectivity index (χ1) is 14.5. The lowest BCUT2D eigenvalue weighted by Crippen LogP contribution is -2.22. The maximum Gasteiger partial charge on any atom is 0.231 e. The van der Waals surface area contributed by atoms with Gasteiger partial charge in [0.1, 0.15) is 5.78 Å². The number of rotatable bonds is 6. The number of ketones is 1. The van der Waals surface area contributed by atoms with Gasteiger partial charge in [0.25, 0.3) is 0 Å². The molecule has 1 saturated carbocycles. The van der Waals surface area contributed by atoms with E-state index in [1.165, 1.54) is 11.1 Å². The maximum atomic E-state index is 13.3. The Morgan fingerprint density at radius 2 is 1.63 bits per heavy atom.